The summed E-state index contributed by atoms with van der Waals surface area (Å²) < 4.78 is 17.5. The molecular formula is C17H13ClFN3O6. The lowest BCUT2D eigenvalue weighted by Crippen LogP contribution is -2.35. The number of ether oxygens (including phenoxy) is 1. The number of amides is 2. The fraction of sp³-hybridized carbons (Fsp3) is 0.118. The SMILES string of the molecule is O=C(COC(=O)c1ccc([N+](=O)[O-])cc1Cl)NCC(=O)Nc1ccc(F)cc1. The van der Waals surface area contributed by atoms with Gasteiger partial charge in [-0.25, -0.2) is 9.18 Å². The normalized spacial score (nSPS) is 10.1. The number of nitro groups is 1. The summed E-state index contributed by atoms with van der Waals surface area (Å²) in [5.74, 6) is -2.72. The Morgan fingerprint density at radius 1 is 1.11 bits per heavy atom. The Balaban J connectivity index is 1.78. The van der Waals surface area contributed by atoms with E-state index in [-0.39, 0.29) is 16.3 Å². The number of rotatable bonds is 7. The minimum absolute atomic E-state index is 0.144. The van der Waals surface area contributed by atoms with Gasteiger partial charge in [-0.3, -0.25) is 19.7 Å². The summed E-state index contributed by atoms with van der Waals surface area (Å²) >= 11 is 5.79. The van der Waals surface area contributed by atoms with E-state index in [9.17, 15) is 28.9 Å². The molecule has 0 radical (unpaired) electrons. The maximum absolute atomic E-state index is 12.8. The molecule has 146 valence electrons. The number of halogens is 2. The van der Waals surface area contributed by atoms with Gasteiger partial charge in [0, 0.05) is 17.8 Å². The summed E-state index contributed by atoms with van der Waals surface area (Å²) in [5.41, 5.74) is -0.0968. The zero-order valence-corrected chi connectivity index (χ0v) is 14.9. The first-order chi connectivity index (χ1) is 13.3. The smallest absolute Gasteiger partial charge is 0.340 e. The first-order valence-corrected chi connectivity index (χ1v) is 8.07. The maximum Gasteiger partial charge on any atom is 0.340 e. The van der Waals surface area contributed by atoms with Gasteiger partial charge in [0.25, 0.3) is 11.6 Å². The Morgan fingerprint density at radius 3 is 2.39 bits per heavy atom. The summed E-state index contributed by atoms with van der Waals surface area (Å²) in [4.78, 5) is 45.2. The molecule has 2 rings (SSSR count). The molecule has 0 aliphatic rings. The van der Waals surface area contributed by atoms with Crippen molar-refractivity contribution >= 4 is 40.8 Å². The van der Waals surface area contributed by atoms with Crippen LogP contribution in [0.4, 0.5) is 15.8 Å². The minimum Gasteiger partial charge on any atom is -0.452 e. The number of hydrogen-bond acceptors (Lipinski definition) is 6. The molecule has 2 aromatic carbocycles. The van der Waals surface area contributed by atoms with Gasteiger partial charge in [-0.1, -0.05) is 11.6 Å². The number of nitrogens with one attached hydrogen (secondary N) is 2. The molecule has 0 aliphatic heterocycles. The van der Waals surface area contributed by atoms with Crippen LogP contribution in [0.5, 0.6) is 0 Å². The molecular weight excluding hydrogens is 397 g/mol. The Labute approximate surface area is 162 Å². The van der Waals surface area contributed by atoms with Crippen molar-refractivity contribution in [3.05, 3.63) is 69.0 Å². The Kier molecular flexibility index (Phi) is 6.99. The average Bonchev–Trinajstić information content (AvgIpc) is 2.66. The van der Waals surface area contributed by atoms with Crippen molar-refractivity contribution in [3.8, 4) is 0 Å². The minimum atomic E-state index is -0.953. The van der Waals surface area contributed by atoms with Crippen molar-refractivity contribution in [2.45, 2.75) is 0 Å². The standard InChI is InChI=1S/C17H13ClFN3O6/c18-14-7-12(22(26)27)5-6-13(14)17(25)28-9-16(24)20-8-15(23)21-11-3-1-10(19)2-4-11/h1-7H,8-9H2,(H,20,24)(H,21,23). The van der Waals surface area contributed by atoms with E-state index in [2.05, 4.69) is 10.6 Å². The number of benzene rings is 2. The highest BCUT2D eigenvalue weighted by molar-refractivity contribution is 6.33. The molecule has 11 heteroatoms. The van der Waals surface area contributed by atoms with Crippen LogP contribution in [0.3, 0.4) is 0 Å². The number of non-ortho nitro benzene ring substituents is 1. The monoisotopic (exact) mass is 409 g/mol. The average molecular weight is 410 g/mol. The lowest BCUT2D eigenvalue weighted by molar-refractivity contribution is -0.384. The maximum atomic E-state index is 12.8. The largest absolute Gasteiger partial charge is 0.452 e. The second-order valence-electron chi connectivity index (χ2n) is 5.33. The van der Waals surface area contributed by atoms with Crippen molar-refractivity contribution in [2.75, 3.05) is 18.5 Å². The van der Waals surface area contributed by atoms with Crippen LogP contribution in [0.25, 0.3) is 0 Å². The zero-order chi connectivity index (χ0) is 20.7. The van der Waals surface area contributed by atoms with Gasteiger partial charge in [0.05, 0.1) is 22.1 Å². The third kappa shape index (κ3) is 6.02. The molecule has 0 saturated heterocycles. The highest BCUT2D eigenvalue weighted by atomic mass is 35.5. The first-order valence-electron chi connectivity index (χ1n) is 7.69. The quantitative estimate of drug-likeness (QED) is 0.410. The Bertz CT molecular complexity index is 920. The number of carbonyl (C=O) groups excluding carboxylic acids is 3. The van der Waals surface area contributed by atoms with E-state index in [1.807, 2.05) is 0 Å². The molecule has 0 saturated carbocycles. The van der Waals surface area contributed by atoms with Crippen molar-refractivity contribution in [2.24, 2.45) is 0 Å². The molecule has 0 fully saturated rings. The Hall–Kier alpha value is -3.53. The molecule has 0 spiro atoms. The van der Waals surface area contributed by atoms with Gasteiger partial charge >= 0.3 is 5.97 Å². The van der Waals surface area contributed by atoms with Gasteiger partial charge in [-0.15, -0.1) is 0 Å². The topological polar surface area (TPSA) is 128 Å². The van der Waals surface area contributed by atoms with Crippen LogP contribution in [-0.2, 0) is 14.3 Å². The number of carbonyl (C=O) groups is 3. The van der Waals surface area contributed by atoms with E-state index in [4.69, 9.17) is 16.3 Å². The predicted molar refractivity (Wildman–Crippen MR) is 96.4 cm³/mol. The molecule has 2 N–H and O–H groups in total. The van der Waals surface area contributed by atoms with Crippen LogP contribution in [-0.4, -0.2) is 35.9 Å². The molecule has 0 atom stereocenters. The molecule has 0 aromatic heterocycles. The molecule has 2 amide bonds. The molecule has 0 bridgehead atoms. The molecule has 28 heavy (non-hydrogen) atoms. The number of nitrogens with zero attached hydrogens (tertiary/aromatic N) is 1. The number of esters is 1. The third-order valence-electron chi connectivity index (χ3n) is 3.29. The van der Waals surface area contributed by atoms with Crippen LogP contribution in [0.15, 0.2) is 42.5 Å². The highest BCUT2D eigenvalue weighted by Gasteiger charge is 2.17. The highest BCUT2D eigenvalue weighted by Crippen LogP contribution is 2.23. The Morgan fingerprint density at radius 2 is 1.79 bits per heavy atom. The van der Waals surface area contributed by atoms with E-state index in [0.29, 0.717) is 5.69 Å². The van der Waals surface area contributed by atoms with Crippen LogP contribution >= 0.6 is 11.6 Å². The lowest BCUT2D eigenvalue weighted by Gasteiger charge is -2.08. The van der Waals surface area contributed by atoms with E-state index in [0.717, 1.165) is 30.3 Å². The van der Waals surface area contributed by atoms with E-state index in [1.165, 1.54) is 12.1 Å². The van der Waals surface area contributed by atoms with Crippen LogP contribution in [0.1, 0.15) is 10.4 Å². The molecule has 0 aliphatic carbocycles. The lowest BCUT2D eigenvalue weighted by atomic mass is 10.2. The number of hydrogen-bond donors (Lipinski definition) is 2. The van der Waals surface area contributed by atoms with E-state index in [1.54, 1.807) is 0 Å². The summed E-state index contributed by atoms with van der Waals surface area (Å²) in [5, 5.41) is 15.1. The van der Waals surface area contributed by atoms with Gasteiger partial charge in [-0.2, -0.15) is 0 Å². The van der Waals surface area contributed by atoms with Crippen molar-refractivity contribution < 1.29 is 28.4 Å². The number of nitro benzene ring substituents is 1. The molecule has 0 heterocycles. The summed E-state index contributed by atoms with van der Waals surface area (Å²) in [6.45, 7) is -1.08. The zero-order valence-electron chi connectivity index (χ0n) is 14.1. The second kappa shape index (κ2) is 9.42. The van der Waals surface area contributed by atoms with E-state index < -0.39 is 41.7 Å². The fourth-order valence-electron chi connectivity index (χ4n) is 1.96. The number of anilines is 1. The van der Waals surface area contributed by atoms with Gasteiger partial charge in [-0.05, 0) is 30.3 Å². The van der Waals surface area contributed by atoms with Gasteiger partial charge < -0.3 is 15.4 Å². The molecule has 0 unspecified atom stereocenters. The van der Waals surface area contributed by atoms with Gasteiger partial charge in [0.2, 0.25) is 5.91 Å². The van der Waals surface area contributed by atoms with Crippen LogP contribution in [0.2, 0.25) is 5.02 Å². The van der Waals surface area contributed by atoms with Gasteiger partial charge in [0.1, 0.15) is 5.82 Å². The van der Waals surface area contributed by atoms with Crippen LogP contribution < -0.4 is 10.6 Å². The molecule has 2 aromatic rings. The summed E-state index contributed by atoms with van der Waals surface area (Å²) in [6.07, 6.45) is 0. The first kappa shape index (κ1) is 20.8. The third-order valence-corrected chi connectivity index (χ3v) is 3.60. The van der Waals surface area contributed by atoms with Crippen molar-refractivity contribution in [3.63, 3.8) is 0 Å². The van der Waals surface area contributed by atoms with Crippen LogP contribution in [0, 0.1) is 15.9 Å². The van der Waals surface area contributed by atoms with Crippen molar-refractivity contribution in [1.29, 1.82) is 0 Å². The second-order valence-corrected chi connectivity index (χ2v) is 5.74. The van der Waals surface area contributed by atoms with E-state index >= 15 is 0 Å². The predicted octanol–water partition coefficient (Wildman–Crippen LogP) is 2.30. The van der Waals surface area contributed by atoms with Gasteiger partial charge in [0.15, 0.2) is 6.61 Å². The fourth-order valence-corrected chi connectivity index (χ4v) is 2.21. The van der Waals surface area contributed by atoms with Crippen molar-refractivity contribution in [1.82, 2.24) is 5.32 Å². The summed E-state index contributed by atoms with van der Waals surface area (Å²) in [6, 6.07) is 8.20. The summed E-state index contributed by atoms with van der Waals surface area (Å²) in [7, 11) is 0. The molecule has 9 nitrogen and oxygen atoms in total.